The maximum absolute atomic E-state index is 6.06. The summed E-state index contributed by atoms with van der Waals surface area (Å²) in [6, 6.07) is 18.4. The molecule has 2 rings (SSSR count). The molecule has 2 heteroatoms. The van der Waals surface area contributed by atoms with Crippen LogP contribution in [0.4, 0.5) is 0 Å². The van der Waals surface area contributed by atoms with Crippen LogP contribution in [0.25, 0.3) is 11.1 Å². The minimum Gasteiger partial charge on any atom is -0.488 e. The van der Waals surface area contributed by atoms with Gasteiger partial charge in [0.1, 0.15) is 11.9 Å². The zero-order valence-electron chi connectivity index (χ0n) is 11.4. The van der Waals surface area contributed by atoms with Crippen molar-refractivity contribution in [3.05, 3.63) is 54.6 Å². The van der Waals surface area contributed by atoms with Crippen molar-refractivity contribution in [2.75, 3.05) is 6.54 Å². The first kappa shape index (κ1) is 13.6. The van der Waals surface area contributed by atoms with Gasteiger partial charge in [0, 0.05) is 12.1 Å². The molecule has 0 saturated carbocycles. The first-order chi connectivity index (χ1) is 9.35. The van der Waals surface area contributed by atoms with Crippen molar-refractivity contribution >= 4 is 0 Å². The number of benzene rings is 2. The van der Waals surface area contributed by atoms with E-state index in [2.05, 4.69) is 25.1 Å². The number of hydrogen-bond acceptors (Lipinski definition) is 2. The molecule has 100 valence electrons. The number of nitrogens with two attached hydrogens (primary N) is 1. The first-order valence-electron chi connectivity index (χ1n) is 6.86. The molecule has 0 aromatic heterocycles. The Morgan fingerprint density at radius 3 is 2.37 bits per heavy atom. The van der Waals surface area contributed by atoms with Gasteiger partial charge in [-0.25, -0.2) is 0 Å². The quantitative estimate of drug-likeness (QED) is 0.850. The van der Waals surface area contributed by atoms with Crippen molar-refractivity contribution in [1.29, 1.82) is 0 Å². The van der Waals surface area contributed by atoms with Crippen LogP contribution in [0, 0.1) is 0 Å². The Labute approximate surface area is 115 Å². The average Bonchev–Trinajstić information content (AvgIpc) is 2.48. The molecule has 0 aliphatic carbocycles. The molecule has 0 spiro atoms. The van der Waals surface area contributed by atoms with Crippen LogP contribution in [0.1, 0.15) is 19.8 Å². The highest BCUT2D eigenvalue weighted by Gasteiger charge is 2.11. The summed E-state index contributed by atoms with van der Waals surface area (Å²) in [5.41, 5.74) is 8.06. The molecule has 0 aliphatic heterocycles. The van der Waals surface area contributed by atoms with Crippen LogP contribution >= 0.6 is 0 Å². The monoisotopic (exact) mass is 255 g/mol. The molecule has 1 unspecified atom stereocenters. The highest BCUT2D eigenvalue weighted by Crippen LogP contribution is 2.30. The molecule has 2 nitrogen and oxygen atoms in total. The van der Waals surface area contributed by atoms with Crippen molar-refractivity contribution < 1.29 is 4.74 Å². The molecule has 0 saturated heterocycles. The lowest BCUT2D eigenvalue weighted by Gasteiger charge is -2.19. The van der Waals surface area contributed by atoms with Gasteiger partial charge in [0.05, 0.1) is 0 Å². The molecule has 0 aliphatic rings. The second-order valence-electron chi connectivity index (χ2n) is 4.63. The summed E-state index contributed by atoms with van der Waals surface area (Å²) in [7, 11) is 0. The molecule has 0 amide bonds. The maximum Gasteiger partial charge on any atom is 0.127 e. The molecular weight excluding hydrogens is 234 g/mol. The first-order valence-corrected chi connectivity index (χ1v) is 6.86. The fraction of sp³-hybridized carbons (Fsp3) is 0.294. The summed E-state index contributed by atoms with van der Waals surface area (Å²) in [5.74, 6) is 0.914. The van der Waals surface area contributed by atoms with Gasteiger partial charge in [-0.2, -0.15) is 0 Å². The van der Waals surface area contributed by atoms with Crippen LogP contribution < -0.4 is 10.5 Å². The molecule has 19 heavy (non-hydrogen) atoms. The summed E-state index contributed by atoms with van der Waals surface area (Å²) >= 11 is 0. The van der Waals surface area contributed by atoms with Gasteiger partial charge in [0.15, 0.2) is 0 Å². The van der Waals surface area contributed by atoms with E-state index in [1.165, 1.54) is 5.56 Å². The fourth-order valence-corrected chi connectivity index (χ4v) is 2.15. The van der Waals surface area contributed by atoms with Crippen LogP contribution in [-0.4, -0.2) is 12.6 Å². The fourth-order valence-electron chi connectivity index (χ4n) is 2.15. The summed E-state index contributed by atoms with van der Waals surface area (Å²) < 4.78 is 6.06. The Morgan fingerprint density at radius 2 is 1.68 bits per heavy atom. The summed E-state index contributed by atoms with van der Waals surface area (Å²) in [6.45, 7) is 2.70. The van der Waals surface area contributed by atoms with E-state index in [1.54, 1.807) is 0 Å². The molecule has 0 bridgehead atoms. The zero-order chi connectivity index (χ0) is 13.5. The van der Waals surface area contributed by atoms with E-state index in [-0.39, 0.29) is 6.10 Å². The average molecular weight is 255 g/mol. The second-order valence-corrected chi connectivity index (χ2v) is 4.63. The van der Waals surface area contributed by atoms with E-state index in [9.17, 15) is 0 Å². The van der Waals surface area contributed by atoms with Gasteiger partial charge in [-0.1, -0.05) is 61.9 Å². The van der Waals surface area contributed by atoms with E-state index in [0.29, 0.717) is 6.54 Å². The molecule has 0 heterocycles. The van der Waals surface area contributed by atoms with Crippen molar-refractivity contribution in [2.24, 2.45) is 5.73 Å². The normalized spacial score (nSPS) is 12.1. The van der Waals surface area contributed by atoms with Gasteiger partial charge in [0.2, 0.25) is 0 Å². The molecule has 0 fully saturated rings. The minimum absolute atomic E-state index is 0.0925. The van der Waals surface area contributed by atoms with Crippen LogP contribution in [-0.2, 0) is 0 Å². The molecule has 1 atom stereocenters. The van der Waals surface area contributed by atoms with Crippen LogP contribution in [0.3, 0.4) is 0 Å². The SMILES string of the molecule is CCCC(CN)Oc1ccccc1-c1ccccc1. The van der Waals surface area contributed by atoms with Crippen molar-refractivity contribution in [2.45, 2.75) is 25.9 Å². The van der Waals surface area contributed by atoms with Gasteiger partial charge >= 0.3 is 0 Å². The van der Waals surface area contributed by atoms with Crippen molar-refractivity contribution in [1.82, 2.24) is 0 Å². The summed E-state index contributed by atoms with van der Waals surface area (Å²) in [6.07, 6.45) is 2.16. The van der Waals surface area contributed by atoms with Crippen LogP contribution in [0.2, 0.25) is 0 Å². The lowest BCUT2D eigenvalue weighted by molar-refractivity contribution is 0.199. The Bertz CT molecular complexity index is 496. The molecule has 2 aromatic rings. The Hall–Kier alpha value is -1.80. The van der Waals surface area contributed by atoms with E-state index >= 15 is 0 Å². The third-order valence-corrected chi connectivity index (χ3v) is 3.14. The molecular formula is C17H21NO. The van der Waals surface area contributed by atoms with Gasteiger partial charge in [-0.3, -0.25) is 0 Å². The maximum atomic E-state index is 6.06. The topological polar surface area (TPSA) is 35.2 Å². The second kappa shape index (κ2) is 6.95. The zero-order valence-corrected chi connectivity index (χ0v) is 11.4. The third-order valence-electron chi connectivity index (χ3n) is 3.14. The Balaban J connectivity index is 2.26. The smallest absolute Gasteiger partial charge is 0.127 e. The van der Waals surface area contributed by atoms with Crippen LogP contribution in [0.5, 0.6) is 5.75 Å². The van der Waals surface area contributed by atoms with E-state index in [4.69, 9.17) is 10.5 Å². The van der Waals surface area contributed by atoms with Crippen molar-refractivity contribution in [3.8, 4) is 16.9 Å². The predicted octanol–water partition coefficient (Wildman–Crippen LogP) is 3.86. The Kier molecular flexibility index (Phi) is 4.99. The van der Waals surface area contributed by atoms with Gasteiger partial charge in [-0.05, 0) is 18.1 Å². The third kappa shape index (κ3) is 3.58. The Morgan fingerprint density at radius 1 is 1.00 bits per heavy atom. The lowest BCUT2D eigenvalue weighted by atomic mass is 10.0. The largest absolute Gasteiger partial charge is 0.488 e. The highest BCUT2D eigenvalue weighted by molar-refractivity contribution is 5.70. The van der Waals surface area contributed by atoms with Crippen molar-refractivity contribution in [3.63, 3.8) is 0 Å². The number of rotatable bonds is 6. The predicted molar refractivity (Wildman–Crippen MR) is 80.3 cm³/mol. The number of ether oxygens (including phenoxy) is 1. The molecule has 0 radical (unpaired) electrons. The number of para-hydroxylation sites is 1. The van der Waals surface area contributed by atoms with E-state index in [0.717, 1.165) is 24.2 Å². The van der Waals surface area contributed by atoms with E-state index in [1.807, 2.05) is 36.4 Å². The minimum atomic E-state index is 0.0925. The highest BCUT2D eigenvalue weighted by atomic mass is 16.5. The standard InChI is InChI=1S/C17H21NO/c1-2-8-15(13-18)19-17-12-7-6-11-16(17)14-9-4-3-5-10-14/h3-7,9-12,15H,2,8,13,18H2,1H3. The molecule has 2 aromatic carbocycles. The lowest BCUT2D eigenvalue weighted by Crippen LogP contribution is -2.26. The van der Waals surface area contributed by atoms with Gasteiger partial charge in [0.25, 0.3) is 0 Å². The van der Waals surface area contributed by atoms with E-state index < -0.39 is 0 Å². The molecule has 2 N–H and O–H groups in total. The number of hydrogen-bond donors (Lipinski definition) is 1. The summed E-state index contributed by atoms with van der Waals surface area (Å²) in [4.78, 5) is 0. The summed E-state index contributed by atoms with van der Waals surface area (Å²) in [5, 5.41) is 0. The van der Waals surface area contributed by atoms with Gasteiger partial charge < -0.3 is 10.5 Å². The van der Waals surface area contributed by atoms with Gasteiger partial charge in [-0.15, -0.1) is 0 Å². The van der Waals surface area contributed by atoms with Crippen LogP contribution in [0.15, 0.2) is 54.6 Å².